The standard InChI is InChI=1S/C13H17F2NO3/c1-2-3-5-19-6-4-16-12-10(14)7-9(13(17)18)8-11(12)15/h7-8,16H,2-6H2,1H3,(H,17,18). The van der Waals surface area contributed by atoms with Gasteiger partial charge >= 0.3 is 5.97 Å². The van der Waals surface area contributed by atoms with Crippen LogP contribution >= 0.6 is 0 Å². The normalized spacial score (nSPS) is 10.5. The maximum absolute atomic E-state index is 13.5. The average molecular weight is 273 g/mol. The van der Waals surface area contributed by atoms with Crippen molar-refractivity contribution in [1.82, 2.24) is 0 Å². The van der Waals surface area contributed by atoms with Crippen molar-refractivity contribution in [2.45, 2.75) is 19.8 Å². The van der Waals surface area contributed by atoms with Crippen LogP contribution < -0.4 is 5.32 Å². The third kappa shape index (κ3) is 4.82. The molecule has 0 aliphatic carbocycles. The van der Waals surface area contributed by atoms with Gasteiger partial charge in [-0.25, -0.2) is 13.6 Å². The van der Waals surface area contributed by atoms with Crippen LogP contribution in [0.15, 0.2) is 12.1 Å². The van der Waals surface area contributed by atoms with Crippen LogP contribution in [-0.2, 0) is 4.74 Å². The van der Waals surface area contributed by atoms with Crippen molar-refractivity contribution in [1.29, 1.82) is 0 Å². The first-order chi connectivity index (χ1) is 9.06. The van der Waals surface area contributed by atoms with Crippen molar-refractivity contribution < 1.29 is 23.4 Å². The van der Waals surface area contributed by atoms with Gasteiger partial charge in [-0.15, -0.1) is 0 Å². The summed E-state index contributed by atoms with van der Waals surface area (Å²) in [6.45, 7) is 3.24. The molecule has 0 fully saturated rings. The van der Waals surface area contributed by atoms with Crippen LogP contribution in [0.1, 0.15) is 30.1 Å². The average Bonchev–Trinajstić information content (AvgIpc) is 2.35. The maximum atomic E-state index is 13.5. The van der Waals surface area contributed by atoms with Crippen molar-refractivity contribution in [3.8, 4) is 0 Å². The van der Waals surface area contributed by atoms with E-state index in [2.05, 4.69) is 5.32 Å². The Kier molecular flexibility index (Phi) is 6.21. The van der Waals surface area contributed by atoms with E-state index in [0.29, 0.717) is 13.2 Å². The molecule has 1 aromatic carbocycles. The van der Waals surface area contributed by atoms with Crippen molar-refractivity contribution in [3.05, 3.63) is 29.3 Å². The summed E-state index contributed by atoms with van der Waals surface area (Å²) in [6, 6.07) is 1.57. The Bertz CT molecular complexity index is 415. The number of ether oxygens (including phenoxy) is 1. The van der Waals surface area contributed by atoms with Gasteiger partial charge in [0, 0.05) is 13.2 Å². The van der Waals surface area contributed by atoms with Gasteiger partial charge in [-0.1, -0.05) is 13.3 Å². The Labute approximate surface area is 110 Å². The zero-order chi connectivity index (χ0) is 14.3. The van der Waals surface area contributed by atoms with Crippen LogP contribution in [0.4, 0.5) is 14.5 Å². The third-order valence-corrected chi connectivity index (χ3v) is 2.48. The van der Waals surface area contributed by atoms with Gasteiger partial charge in [0.05, 0.1) is 12.2 Å². The number of carboxylic acid groups (broad SMARTS) is 1. The highest BCUT2D eigenvalue weighted by atomic mass is 19.1. The minimum Gasteiger partial charge on any atom is -0.478 e. The van der Waals surface area contributed by atoms with Crippen molar-refractivity contribution in [3.63, 3.8) is 0 Å². The summed E-state index contributed by atoms with van der Waals surface area (Å²) in [6.07, 6.45) is 1.96. The summed E-state index contributed by atoms with van der Waals surface area (Å²) in [7, 11) is 0. The molecule has 0 heterocycles. The Morgan fingerprint density at radius 2 is 1.95 bits per heavy atom. The van der Waals surface area contributed by atoms with Crippen LogP contribution in [0.2, 0.25) is 0 Å². The molecule has 0 unspecified atom stereocenters. The molecule has 1 aromatic rings. The molecule has 0 saturated heterocycles. The number of benzene rings is 1. The first-order valence-corrected chi connectivity index (χ1v) is 6.10. The van der Waals surface area contributed by atoms with Crippen molar-refractivity contribution >= 4 is 11.7 Å². The molecule has 0 saturated carbocycles. The third-order valence-electron chi connectivity index (χ3n) is 2.48. The van der Waals surface area contributed by atoms with Crippen LogP contribution in [0.5, 0.6) is 0 Å². The fourth-order valence-corrected chi connectivity index (χ4v) is 1.46. The van der Waals surface area contributed by atoms with Crippen LogP contribution in [0.3, 0.4) is 0 Å². The second kappa shape index (κ2) is 7.68. The van der Waals surface area contributed by atoms with E-state index in [0.717, 1.165) is 25.0 Å². The molecular weight excluding hydrogens is 256 g/mol. The Balaban J connectivity index is 2.52. The topological polar surface area (TPSA) is 58.6 Å². The number of rotatable bonds is 8. The van der Waals surface area contributed by atoms with Gasteiger partial charge in [-0.2, -0.15) is 0 Å². The predicted molar refractivity (Wildman–Crippen MR) is 67.5 cm³/mol. The highest BCUT2D eigenvalue weighted by Gasteiger charge is 2.14. The molecular formula is C13H17F2NO3. The molecule has 0 radical (unpaired) electrons. The number of halogens is 2. The molecule has 2 N–H and O–H groups in total. The maximum Gasteiger partial charge on any atom is 0.335 e. The van der Waals surface area contributed by atoms with Gasteiger partial charge in [-0.3, -0.25) is 0 Å². The lowest BCUT2D eigenvalue weighted by atomic mass is 10.2. The number of carboxylic acids is 1. The molecule has 0 aliphatic rings. The van der Waals surface area contributed by atoms with Gasteiger partial charge in [0.2, 0.25) is 0 Å². The molecule has 0 amide bonds. The van der Waals surface area contributed by atoms with Crippen LogP contribution in [0.25, 0.3) is 0 Å². The van der Waals surface area contributed by atoms with E-state index in [9.17, 15) is 13.6 Å². The summed E-state index contributed by atoms with van der Waals surface area (Å²) < 4.78 is 32.2. The number of hydrogen-bond acceptors (Lipinski definition) is 3. The van der Waals surface area contributed by atoms with Gasteiger partial charge in [0.1, 0.15) is 17.3 Å². The van der Waals surface area contributed by atoms with E-state index >= 15 is 0 Å². The van der Waals surface area contributed by atoms with E-state index in [1.807, 2.05) is 6.92 Å². The monoisotopic (exact) mass is 273 g/mol. The van der Waals surface area contributed by atoms with E-state index in [4.69, 9.17) is 9.84 Å². The van der Waals surface area contributed by atoms with Gasteiger partial charge in [-0.05, 0) is 18.6 Å². The van der Waals surface area contributed by atoms with Crippen LogP contribution in [-0.4, -0.2) is 30.8 Å². The molecule has 0 atom stereocenters. The fraction of sp³-hybridized carbons (Fsp3) is 0.462. The molecule has 0 aliphatic heterocycles. The lowest BCUT2D eigenvalue weighted by Crippen LogP contribution is -2.13. The molecule has 106 valence electrons. The molecule has 1 rings (SSSR count). The number of nitrogens with one attached hydrogen (secondary N) is 1. The highest BCUT2D eigenvalue weighted by molar-refractivity contribution is 5.88. The summed E-state index contributed by atoms with van der Waals surface area (Å²) in [5.74, 6) is -3.22. The second-order valence-electron chi connectivity index (χ2n) is 4.01. The Hall–Kier alpha value is -1.69. The largest absolute Gasteiger partial charge is 0.478 e. The SMILES string of the molecule is CCCCOCCNc1c(F)cc(C(=O)O)cc1F. The van der Waals surface area contributed by atoms with E-state index < -0.39 is 23.2 Å². The molecule has 19 heavy (non-hydrogen) atoms. The molecule has 6 heteroatoms. The lowest BCUT2D eigenvalue weighted by molar-refractivity contribution is 0.0695. The van der Waals surface area contributed by atoms with Gasteiger partial charge < -0.3 is 15.2 Å². The summed E-state index contributed by atoms with van der Waals surface area (Å²) in [5.41, 5.74) is -0.746. The number of hydrogen-bond donors (Lipinski definition) is 2. The highest BCUT2D eigenvalue weighted by Crippen LogP contribution is 2.20. The first-order valence-electron chi connectivity index (χ1n) is 6.10. The molecule has 0 bridgehead atoms. The van der Waals surface area contributed by atoms with Gasteiger partial charge in [0.25, 0.3) is 0 Å². The van der Waals surface area contributed by atoms with Gasteiger partial charge in [0.15, 0.2) is 0 Å². The van der Waals surface area contributed by atoms with E-state index in [1.54, 1.807) is 0 Å². The minimum absolute atomic E-state index is 0.254. The summed E-state index contributed by atoms with van der Waals surface area (Å²) in [5, 5.41) is 11.2. The Morgan fingerprint density at radius 1 is 1.32 bits per heavy atom. The van der Waals surface area contributed by atoms with Crippen LogP contribution in [0, 0.1) is 11.6 Å². The minimum atomic E-state index is -1.37. The smallest absolute Gasteiger partial charge is 0.335 e. The number of carbonyl (C=O) groups is 1. The van der Waals surface area contributed by atoms with E-state index in [1.165, 1.54) is 0 Å². The first kappa shape index (κ1) is 15.4. The fourth-order valence-electron chi connectivity index (χ4n) is 1.46. The summed E-state index contributed by atoms with van der Waals surface area (Å²) >= 11 is 0. The number of unbranched alkanes of at least 4 members (excludes halogenated alkanes) is 1. The zero-order valence-corrected chi connectivity index (χ0v) is 10.7. The number of aromatic carboxylic acids is 1. The number of anilines is 1. The van der Waals surface area contributed by atoms with Crippen molar-refractivity contribution in [2.75, 3.05) is 25.1 Å². The Morgan fingerprint density at radius 3 is 2.47 bits per heavy atom. The second-order valence-corrected chi connectivity index (χ2v) is 4.01. The zero-order valence-electron chi connectivity index (χ0n) is 10.7. The summed E-state index contributed by atoms with van der Waals surface area (Å²) in [4.78, 5) is 10.6. The molecule has 0 aromatic heterocycles. The lowest BCUT2D eigenvalue weighted by Gasteiger charge is -2.10. The predicted octanol–water partition coefficient (Wildman–Crippen LogP) is 2.89. The van der Waals surface area contributed by atoms with E-state index in [-0.39, 0.29) is 12.2 Å². The molecule has 0 spiro atoms. The molecule has 4 nitrogen and oxygen atoms in total. The quantitative estimate of drug-likeness (QED) is 0.715. The van der Waals surface area contributed by atoms with Crippen molar-refractivity contribution in [2.24, 2.45) is 0 Å².